The summed E-state index contributed by atoms with van der Waals surface area (Å²) in [4.78, 5) is 28.5. The number of rotatable bonds is 80. The first-order valence-electron chi connectivity index (χ1n) is 50.5. The van der Waals surface area contributed by atoms with Crippen molar-refractivity contribution in [1.82, 2.24) is 20.4 Å². The fraction of sp³-hybridized carbons (Fsp3) is 0.679. The number of aromatic nitrogens is 4. The van der Waals surface area contributed by atoms with Crippen molar-refractivity contribution in [3.05, 3.63) is 94.7 Å². The zero-order valence-corrected chi connectivity index (χ0v) is 80.5. The fourth-order valence-electron chi connectivity index (χ4n) is 16.0. The van der Waals surface area contributed by atoms with E-state index in [1.54, 1.807) is 12.1 Å². The number of ether oxygens (including phenoxy) is 6. The predicted molar refractivity (Wildman–Crippen MR) is 526 cm³/mol. The largest absolute Gasteiger partial charge is 0.490 e. The molecule has 7 aromatic rings. The van der Waals surface area contributed by atoms with Gasteiger partial charge in [0.2, 0.25) is 11.5 Å². The molecule has 0 spiro atoms. The summed E-state index contributed by atoms with van der Waals surface area (Å²) >= 11 is 4.18. The molecule has 3 heterocycles. The molecular weight excluding hydrogens is 1580 g/mol. The molecule has 7 rings (SSSR count). The molecule has 0 saturated heterocycles. The van der Waals surface area contributed by atoms with Crippen molar-refractivity contribution in [2.45, 2.75) is 427 Å². The Kier molecular flexibility index (Phi) is 57.7. The second-order valence-corrected chi connectivity index (χ2v) is 37.9. The third-order valence-electron chi connectivity index (χ3n) is 23.7. The molecule has 0 unspecified atom stereocenters. The minimum absolute atomic E-state index is 0.302. The quantitative estimate of drug-likeness (QED) is 0.0347. The summed E-state index contributed by atoms with van der Waals surface area (Å²) in [7, 11) is 0. The van der Waals surface area contributed by atoms with Crippen LogP contribution < -0.4 is 39.1 Å². The van der Waals surface area contributed by atoms with Gasteiger partial charge >= 0.3 is 0 Å². The molecule has 17 heteroatoms. The highest BCUT2D eigenvalue weighted by Gasteiger charge is 2.24. The molecule has 123 heavy (non-hydrogen) atoms. The van der Waals surface area contributed by atoms with Crippen LogP contribution in [0.5, 0.6) is 34.5 Å². The minimum Gasteiger partial charge on any atom is -0.490 e. The Morgan fingerprint density at radius 2 is 0.415 bits per heavy atom. The first kappa shape index (κ1) is 104. The number of unbranched alkanes of at least 4 members (excludes halogenated alkanes) is 54. The monoisotopic (exact) mass is 1750 g/mol. The molecule has 0 aliphatic rings. The average molecular weight is 1750 g/mol. The Morgan fingerprint density at radius 1 is 0.228 bits per heavy atom. The first-order chi connectivity index (χ1) is 60.7. The topological polar surface area (TPSA) is 165 Å². The van der Waals surface area contributed by atoms with Crippen molar-refractivity contribution in [2.24, 2.45) is 0 Å². The van der Waals surface area contributed by atoms with Crippen LogP contribution in [0.1, 0.15) is 446 Å². The molecule has 0 saturated carbocycles. The minimum atomic E-state index is -0.302. The van der Waals surface area contributed by atoms with Crippen LogP contribution in [0.3, 0.4) is 0 Å². The Hall–Kier alpha value is -6.56. The van der Waals surface area contributed by atoms with E-state index in [0.717, 1.165) is 131 Å². The van der Waals surface area contributed by atoms with Gasteiger partial charge < -0.3 is 39.1 Å². The van der Waals surface area contributed by atoms with Crippen molar-refractivity contribution in [1.29, 1.82) is 0 Å². The molecule has 4 aromatic carbocycles. The molecule has 3 aromatic heterocycles. The van der Waals surface area contributed by atoms with Gasteiger partial charge in [0.25, 0.3) is 11.8 Å². The van der Waals surface area contributed by atoms with Gasteiger partial charge in [-0.3, -0.25) is 9.59 Å². The summed E-state index contributed by atoms with van der Waals surface area (Å²) < 4.78 is 40.5. The summed E-state index contributed by atoms with van der Waals surface area (Å²) in [5.41, 5.74) is 4.77. The maximum Gasteiger partial charge on any atom is 0.265 e. The van der Waals surface area contributed by atoms with Gasteiger partial charge in [-0.05, 0) is 123 Å². The van der Waals surface area contributed by atoms with E-state index in [9.17, 15) is 9.59 Å². The molecule has 0 aliphatic carbocycles. The number of carbonyl (C=O) groups excluding carboxylic acids is 2. The van der Waals surface area contributed by atoms with Crippen LogP contribution in [-0.2, 0) is 0 Å². The van der Waals surface area contributed by atoms with Crippen LogP contribution in [0.4, 0.5) is 11.4 Å². The number of thiophene rings is 1. The Balaban J connectivity index is 0.982. The molecule has 0 bridgehead atoms. The first-order valence-corrected chi connectivity index (χ1v) is 52.9. The standard InChI is InChI=1S/C106H166N6O8S3/c1-7-13-19-25-31-37-43-49-55-61-77-115-93-83-89(84-94(116-78-62-56-50-44-38-32-26-20-14-8-2)99(93)119-81-65-59-53-47-41-35-29-23-17-11-5)105-111-109-103(122-105)87-67-71-91(72-68-87)107-101(113)97-75-76-98(121-97)102(114)108-92-73-69-88(70-74-92)104-110-112-106(123-104)90-85-95(117-79-63-57-51-45-39-33-27-21-15-9-3)100(120-82-66-60-54-48-42-36-30-24-18-12-6)96(86-90)118-80-64-58-52-46-40-34-28-22-16-10-4/h67-76,83-86H,7-66,77-82H2,1-6H3,(H,107,113)(H,108,114). The predicted octanol–water partition coefficient (Wildman–Crippen LogP) is 34.4. The van der Waals surface area contributed by atoms with Crippen molar-refractivity contribution >= 4 is 57.2 Å². The zero-order valence-electron chi connectivity index (χ0n) is 78.0. The van der Waals surface area contributed by atoms with E-state index in [2.05, 4.69) is 76.4 Å². The number of anilines is 2. The lowest BCUT2D eigenvalue weighted by Gasteiger charge is -2.18. The molecule has 686 valence electrons. The van der Waals surface area contributed by atoms with E-state index in [0.29, 0.717) is 95.3 Å². The van der Waals surface area contributed by atoms with Gasteiger partial charge in [0, 0.05) is 33.6 Å². The van der Waals surface area contributed by atoms with E-state index in [1.165, 1.54) is 331 Å². The number of nitrogens with one attached hydrogen (secondary N) is 2. The summed E-state index contributed by atoms with van der Waals surface area (Å²) in [5.74, 6) is 3.61. The number of hydrogen-bond acceptors (Lipinski definition) is 15. The number of benzene rings is 4. The lowest BCUT2D eigenvalue weighted by atomic mass is 10.1. The Bertz CT molecular complexity index is 3450. The third-order valence-corrected chi connectivity index (χ3v) is 26.9. The molecule has 0 aliphatic heterocycles. The lowest BCUT2D eigenvalue weighted by molar-refractivity contribution is 0.102. The van der Waals surface area contributed by atoms with Gasteiger partial charge in [-0.25, -0.2) is 0 Å². The smallest absolute Gasteiger partial charge is 0.265 e. The van der Waals surface area contributed by atoms with Crippen LogP contribution in [0.15, 0.2) is 84.9 Å². The molecule has 0 fully saturated rings. The Morgan fingerprint density at radius 3 is 0.626 bits per heavy atom. The van der Waals surface area contributed by atoms with E-state index in [-0.39, 0.29) is 11.8 Å². The van der Waals surface area contributed by atoms with Crippen LogP contribution in [0.2, 0.25) is 0 Å². The zero-order chi connectivity index (χ0) is 86.7. The maximum atomic E-state index is 13.9. The second kappa shape index (κ2) is 68.6. The van der Waals surface area contributed by atoms with Gasteiger partial charge in [0.05, 0.1) is 49.4 Å². The normalized spacial score (nSPS) is 11.4. The number of amides is 2. The number of nitrogens with zero attached hydrogens (tertiary/aromatic N) is 4. The molecular formula is C106H166N6O8S3. The highest BCUT2D eigenvalue weighted by molar-refractivity contribution is 7.18. The van der Waals surface area contributed by atoms with Gasteiger partial charge in [0.1, 0.15) is 20.0 Å². The van der Waals surface area contributed by atoms with Crippen molar-refractivity contribution in [3.63, 3.8) is 0 Å². The van der Waals surface area contributed by atoms with Crippen LogP contribution in [0, 0.1) is 0 Å². The molecule has 14 nitrogen and oxygen atoms in total. The Labute approximate surface area is 759 Å². The van der Waals surface area contributed by atoms with Gasteiger partial charge in [-0.2, -0.15) is 0 Å². The lowest BCUT2D eigenvalue weighted by Crippen LogP contribution is -2.11. The second-order valence-electron chi connectivity index (χ2n) is 34.8. The molecule has 0 radical (unpaired) electrons. The van der Waals surface area contributed by atoms with Gasteiger partial charge in [-0.1, -0.05) is 411 Å². The molecule has 0 atom stereocenters. The molecule has 2 N–H and O–H groups in total. The highest BCUT2D eigenvalue weighted by atomic mass is 32.1. The summed E-state index contributed by atoms with van der Waals surface area (Å²) in [5, 5.41) is 28.1. The van der Waals surface area contributed by atoms with Crippen LogP contribution in [-0.4, -0.2) is 71.9 Å². The van der Waals surface area contributed by atoms with Crippen molar-refractivity contribution < 1.29 is 38.0 Å². The third kappa shape index (κ3) is 44.6. The van der Waals surface area contributed by atoms with Crippen molar-refractivity contribution in [2.75, 3.05) is 50.3 Å². The van der Waals surface area contributed by atoms with E-state index < -0.39 is 0 Å². The van der Waals surface area contributed by atoms with E-state index in [4.69, 9.17) is 48.8 Å². The number of hydrogen-bond donors (Lipinski definition) is 2. The van der Waals surface area contributed by atoms with E-state index >= 15 is 0 Å². The summed E-state index contributed by atoms with van der Waals surface area (Å²) in [6, 6.07) is 27.1. The average Bonchev–Trinajstić information content (AvgIpc) is 1.76. The van der Waals surface area contributed by atoms with Gasteiger partial charge in [-0.15, -0.1) is 31.7 Å². The van der Waals surface area contributed by atoms with Crippen molar-refractivity contribution in [3.8, 4) is 76.8 Å². The van der Waals surface area contributed by atoms with Crippen LogP contribution >= 0.6 is 34.0 Å². The number of carbonyl (C=O) groups is 2. The molecule has 2 amide bonds. The van der Waals surface area contributed by atoms with Crippen LogP contribution in [0.25, 0.3) is 42.3 Å². The summed E-state index contributed by atoms with van der Waals surface area (Å²) in [6.45, 7) is 17.3. The maximum absolute atomic E-state index is 13.9. The van der Waals surface area contributed by atoms with E-state index in [1.807, 2.05) is 48.5 Å². The fourth-order valence-corrected chi connectivity index (χ4v) is 18.5. The highest BCUT2D eigenvalue weighted by Crippen LogP contribution is 2.46. The van der Waals surface area contributed by atoms with Gasteiger partial charge in [0.15, 0.2) is 23.0 Å². The summed E-state index contributed by atoms with van der Waals surface area (Å²) in [6.07, 6.45) is 75.7. The SMILES string of the molecule is CCCCCCCCCCCCOc1cc(-c2nnc(-c3ccc(NC(=O)c4ccc(C(=O)Nc5ccc(-c6nnc(-c7cc(OCCCCCCCCCCCC)c(OCCCCCCCCCCCC)c(OCCCCCCCCCCCC)c7)s6)cc5)s4)cc3)s2)cc(OCCCCCCCCCCCC)c1OCCCCCCCCCCCC.